The molecule has 2 rings (SSSR count). The van der Waals surface area contributed by atoms with Gasteiger partial charge in [0.25, 0.3) is 5.91 Å². The van der Waals surface area contributed by atoms with Crippen LogP contribution < -0.4 is 5.32 Å². The van der Waals surface area contributed by atoms with Crippen molar-refractivity contribution in [2.75, 3.05) is 19.6 Å². The van der Waals surface area contributed by atoms with Gasteiger partial charge >= 0.3 is 5.97 Å². The van der Waals surface area contributed by atoms with Gasteiger partial charge in [-0.25, -0.2) is 9.78 Å². The van der Waals surface area contributed by atoms with Crippen molar-refractivity contribution in [3.8, 4) is 0 Å². The van der Waals surface area contributed by atoms with Crippen molar-refractivity contribution in [1.82, 2.24) is 15.2 Å². The van der Waals surface area contributed by atoms with Crippen LogP contribution in [0.5, 0.6) is 0 Å². The minimum absolute atomic E-state index is 0.114. The fourth-order valence-corrected chi connectivity index (χ4v) is 2.42. The number of hydrogen-bond acceptors (Lipinski definition) is 4. The number of piperidine rings is 1. The Hall–Kier alpha value is -1.95. The Morgan fingerprint density at radius 3 is 3.05 bits per heavy atom. The molecule has 0 bridgehead atoms. The third kappa shape index (κ3) is 3.54. The number of amides is 1. The number of aromatic carboxylic acids is 1. The number of carboxylic acids is 1. The molecule has 1 aliphatic heterocycles. The molecule has 20 heavy (non-hydrogen) atoms. The van der Waals surface area contributed by atoms with Gasteiger partial charge in [0, 0.05) is 24.3 Å². The monoisotopic (exact) mass is 277 g/mol. The molecular weight excluding hydrogens is 258 g/mol. The summed E-state index contributed by atoms with van der Waals surface area (Å²) in [6, 6.07) is 2.96. The summed E-state index contributed by atoms with van der Waals surface area (Å²) in [5.74, 6) is -1.37. The highest BCUT2D eigenvalue weighted by Gasteiger charge is 2.21. The van der Waals surface area contributed by atoms with Gasteiger partial charge < -0.3 is 15.3 Å². The van der Waals surface area contributed by atoms with Crippen molar-refractivity contribution < 1.29 is 14.7 Å². The number of carbonyl (C=O) groups is 2. The van der Waals surface area contributed by atoms with Crippen LogP contribution in [0, 0.1) is 0 Å². The Kier molecular flexibility index (Phi) is 4.68. The second-order valence-corrected chi connectivity index (χ2v) is 4.94. The van der Waals surface area contributed by atoms with Gasteiger partial charge in [0.15, 0.2) is 0 Å². The van der Waals surface area contributed by atoms with Gasteiger partial charge in [0.1, 0.15) is 5.69 Å². The minimum atomic E-state index is -1.13. The Labute approximate surface area is 117 Å². The van der Waals surface area contributed by atoms with Gasteiger partial charge in [-0.2, -0.15) is 0 Å². The highest BCUT2D eigenvalue weighted by atomic mass is 16.4. The van der Waals surface area contributed by atoms with Crippen LogP contribution in [0.25, 0.3) is 0 Å². The van der Waals surface area contributed by atoms with E-state index in [1.165, 1.54) is 18.3 Å². The molecule has 0 saturated carbocycles. The van der Waals surface area contributed by atoms with E-state index in [1.807, 2.05) is 0 Å². The van der Waals surface area contributed by atoms with Crippen molar-refractivity contribution in [3.05, 3.63) is 29.6 Å². The molecule has 2 N–H and O–H groups in total. The fourth-order valence-electron chi connectivity index (χ4n) is 2.42. The average Bonchev–Trinajstić information content (AvgIpc) is 2.47. The molecule has 0 aliphatic carbocycles. The summed E-state index contributed by atoms with van der Waals surface area (Å²) in [6.07, 6.45) is 3.37. The number of pyridine rings is 1. The number of nitrogens with zero attached hydrogens (tertiary/aromatic N) is 2. The highest BCUT2D eigenvalue weighted by Crippen LogP contribution is 2.11. The van der Waals surface area contributed by atoms with Gasteiger partial charge in [-0.15, -0.1) is 0 Å². The maximum absolute atomic E-state index is 12.1. The summed E-state index contributed by atoms with van der Waals surface area (Å²) in [5.41, 5.74) is 0.225. The van der Waals surface area contributed by atoms with Crippen molar-refractivity contribution in [2.24, 2.45) is 0 Å². The van der Waals surface area contributed by atoms with Crippen molar-refractivity contribution in [3.63, 3.8) is 0 Å². The van der Waals surface area contributed by atoms with Crippen molar-refractivity contribution in [1.29, 1.82) is 0 Å². The molecule has 1 atom stereocenters. The molecule has 0 aromatic carbocycles. The molecule has 6 nitrogen and oxygen atoms in total. The molecule has 1 fully saturated rings. The quantitative estimate of drug-likeness (QED) is 0.857. The van der Waals surface area contributed by atoms with E-state index in [-0.39, 0.29) is 17.6 Å². The van der Waals surface area contributed by atoms with E-state index < -0.39 is 5.97 Å². The van der Waals surface area contributed by atoms with E-state index in [1.54, 1.807) is 0 Å². The van der Waals surface area contributed by atoms with Crippen LogP contribution in [-0.4, -0.2) is 52.5 Å². The Morgan fingerprint density at radius 2 is 2.35 bits per heavy atom. The standard InChI is InChI=1S/C14H19N3O3/c1-2-17-7-3-4-11(9-17)16-13(18)10-5-6-15-12(8-10)14(19)20/h5-6,8,11H,2-4,7,9H2,1H3,(H,16,18)(H,19,20). The molecule has 1 aromatic rings. The van der Waals surface area contributed by atoms with E-state index >= 15 is 0 Å². The van der Waals surface area contributed by atoms with Crippen LogP contribution in [0.3, 0.4) is 0 Å². The van der Waals surface area contributed by atoms with Gasteiger partial charge in [-0.3, -0.25) is 4.79 Å². The van der Waals surface area contributed by atoms with E-state index in [4.69, 9.17) is 5.11 Å². The number of aromatic nitrogens is 1. The second kappa shape index (κ2) is 6.47. The zero-order valence-corrected chi connectivity index (χ0v) is 11.5. The molecule has 1 amide bonds. The maximum Gasteiger partial charge on any atom is 0.354 e. The van der Waals surface area contributed by atoms with Crippen LogP contribution in [0.2, 0.25) is 0 Å². The largest absolute Gasteiger partial charge is 0.477 e. The molecular formula is C14H19N3O3. The molecule has 1 aromatic heterocycles. The summed E-state index contributed by atoms with van der Waals surface area (Å²) >= 11 is 0. The first kappa shape index (κ1) is 14.5. The van der Waals surface area contributed by atoms with Crippen molar-refractivity contribution >= 4 is 11.9 Å². The van der Waals surface area contributed by atoms with E-state index in [2.05, 4.69) is 22.1 Å². The first-order valence-corrected chi connectivity index (χ1v) is 6.82. The number of hydrogen-bond donors (Lipinski definition) is 2. The van der Waals surface area contributed by atoms with E-state index in [0.29, 0.717) is 5.56 Å². The Bertz CT molecular complexity index is 504. The SMILES string of the molecule is CCN1CCCC(NC(=O)c2ccnc(C(=O)O)c2)C1. The number of rotatable bonds is 4. The van der Waals surface area contributed by atoms with Crippen LogP contribution in [0.1, 0.15) is 40.6 Å². The Balaban J connectivity index is 2.01. The summed E-state index contributed by atoms with van der Waals surface area (Å²) in [7, 11) is 0. The first-order valence-electron chi connectivity index (χ1n) is 6.82. The normalized spacial score (nSPS) is 19.6. The van der Waals surface area contributed by atoms with Gasteiger partial charge in [0.2, 0.25) is 0 Å². The summed E-state index contributed by atoms with van der Waals surface area (Å²) in [6.45, 7) is 5.00. The molecule has 1 unspecified atom stereocenters. The average molecular weight is 277 g/mol. The summed E-state index contributed by atoms with van der Waals surface area (Å²) in [5, 5.41) is 11.8. The molecule has 0 spiro atoms. The van der Waals surface area contributed by atoms with Gasteiger partial charge in [-0.1, -0.05) is 6.92 Å². The molecule has 6 heteroatoms. The molecule has 0 radical (unpaired) electrons. The van der Waals surface area contributed by atoms with Crippen LogP contribution >= 0.6 is 0 Å². The predicted octanol–water partition coefficient (Wildman–Crippen LogP) is 0.994. The van der Waals surface area contributed by atoms with Crippen LogP contribution in [0.4, 0.5) is 0 Å². The lowest BCUT2D eigenvalue weighted by Gasteiger charge is -2.32. The number of carbonyl (C=O) groups excluding carboxylic acids is 1. The zero-order chi connectivity index (χ0) is 14.5. The minimum Gasteiger partial charge on any atom is -0.477 e. The third-order valence-corrected chi connectivity index (χ3v) is 3.53. The van der Waals surface area contributed by atoms with E-state index in [0.717, 1.165) is 32.5 Å². The summed E-state index contributed by atoms with van der Waals surface area (Å²) in [4.78, 5) is 29.0. The smallest absolute Gasteiger partial charge is 0.354 e. The molecule has 1 saturated heterocycles. The number of likely N-dealkylation sites (N-methyl/N-ethyl adjacent to an activating group) is 1. The lowest BCUT2D eigenvalue weighted by atomic mass is 10.1. The number of carboxylic acid groups (broad SMARTS) is 1. The molecule has 2 heterocycles. The number of nitrogens with one attached hydrogen (secondary N) is 1. The van der Waals surface area contributed by atoms with Gasteiger partial charge in [0.05, 0.1) is 0 Å². The van der Waals surface area contributed by atoms with Crippen molar-refractivity contribution in [2.45, 2.75) is 25.8 Å². The molecule has 1 aliphatic rings. The van der Waals surface area contributed by atoms with E-state index in [9.17, 15) is 9.59 Å². The fraction of sp³-hybridized carbons (Fsp3) is 0.500. The topological polar surface area (TPSA) is 82.5 Å². The second-order valence-electron chi connectivity index (χ2n) is 4.94. The Morgan fingerprint density at radius 1 is 1.55 bits per heavy atom. The predicted molar refractivity (Wildman–Crippen MR) is 73.8 cm³/mol. The van der Waals surface area contributed by atoms with Gasteiger partial charge in [-0.05, 0) is 38.1 Å². The lowest BCUT2D eigenvalue weighted by Crippen LogP contribution is -2.47. The highest BCUT2D eigenvalue weighted by molar-refractivity contribution is 5.96. The number of likely N-dealkylation sites (tertiary alicyclic amines) is 1. The van der Waals surface area contributed by atoms with Crippen LogP contribution in [0.15, 0.2) is 18.3 Å². The first-order chi connectivity index (χ1) is 9.60. The third-order valence-electron chi connectivity index (χ3n) is 3.53. The van der Waals surface area contributed by atoms with Crippen LogP contribution in [-0.2, 0) is 0 Å². The lowest BCUT2D eigenvalue weighted by molar-refractivity contribution is 0.0690. The zero-order valence-electron chi connectivity index (χ0n) is 11.5. The summed E-state index contributed by atoms with van der Waals surface area (Å²) < 4.78 is 0. The maximum atomic E-state index is 12.1. The molecule has 108 valence electrons.